The van der Waals surface area contributed by atoms with Crippen LogP contribution in [0.1, 0.15) is 18.2 Å². The first-order chi connectivity index (χ1) is 12.0. The summed E-state index contributed by atoms with van der Waals surface area (Å²) in [5.74, 6) is 1.10. The first kappa shape index (κ1) is 19.0. The number of aromatic nitrogens is 1. The zero-order chi connectivity index (χ0) is 18.2. The minimum atomic E-state index is -0.224. The number of nitrogens with zero attached hydrogens (tertiary/aromatic N) is 2. The van der Waals surface area contributed by atoms with E-state index in [4.69, 9.17) is 9.47 Å². The highest BCUT2D eigenvalue weighted by Gasteiger charge is 2.06. The number of benzene rings is 1. The van der Waals surface area contributed by atoms with Crippen molar-refractivity contribution in [2.24, 2.45) is 0 Å². The first-order valence-corrected chi connectivity index (χ1v) is 8.78. The number of hydrogen-bond acceptors (Lipinski definition) is 6. The summed E-state index contributed by atoms with van der Waals surface area (Å²) in [5.41, 5.74) is 1.79. The van der Waals surface area contributed by atoms with E-state index in [9.17, 15) is 4.79 Å². The highest BCUT2D eigenvalue weighted by atomic mass is 32.1. The molecule has 25 heavy (non-hydrogen) atoms. The largest absolute Gasteiger partial charge is 0.493 e. The Morgan fingerprint density at radius 3 is 2.84 bits per heavy atom. The molecule has 6 nitrogen and oxygen atoms in total. The monoisotopic (exact) mass is 361 g/mol. The van der Waals surface area contributed by atoms with Gasteiger partial charge in [0.2, 0.25) is 5.91 Å². The molecule has 0 aliphatic carbocycles. The van der Waals surface area contributed by atoms with Crippen molar-refractivity contribution in [1.29, 1.82) is 0 Å². The van der Waals surface area contributed by atoms with Crippen LogP contribution in [0.3, 0.4) is 0 Å². The lowest BCUT2D eigenvalue weighted by Crippen LogP contribution is -2.11. The molecule has 0 saturated carbocycles. The fourth-order valence-corrected chi connectivity index (χ4v) is 2.85. The Kier molecular flexibility index (Phi) is 6.97. The van der Waals surface area contributed by atoms with Gasteiger partial charge in [0.1, 0.15) is 0 Å². The molecular weight excluding hydrogens is 338 g/mol. The second kappa shape index (κ2) is 9.19. The number of hydrogen-bond donors (Lipinski definition) is 1. The van der Waals surface area contributed by atoms with Gasteiger partial charge in [-0.05, 0) is 44.8 Å². The lowest BCUT2D eigenvalue weighted by molar-refractivity contribution is -0.111. The first-order valence-electron chi connectivity index (χ1n) is 7.91. The molecule has 1 heterocycles. The third-order valence-electron chi connectivity index (χ3n) is 3.17. The SMILES string of the molecule is CCOc1ccc(/C=C/C(=O)Nc2nc(CN(C)C)cs2)cc1OC. The number of rotatable bonds is 8. The van der Waals surface area contributed by atoms with Crippen LogP contribution in [0.5, 0.6) is 11.5 Å². The lowest BCUT2D eigenvalue weighted by atomic mass is 10.2. The lowest BCUT2D eigenvalue weighted by Gasteiger charge is -2.09. The molecule has 0 unspecified atom stereocenters. The average Bonchev–Trinajstić information content (AvgIpc) is 3.00. The number of anilines is 1. The molecule has 1 aromatic heterocycles. The third-order valence-corrected chi connectivity index (χ3v) is 3.98. The molecule has 2 rings (SSSR count). The van der Waals surface area contributed by atoms with Gasteiger partial charge in [0, 0.05) is 18.0 Å². The Labute approximate surface area is 152 Å². The van der Waals surface area contributed by atoms with Gasteiger partial charge < -0.3 is 14.4 Å². The zero-order valence-electron chi connectivity index (χ0n) is 14.9. The van der Waals surface area contributed by atoms with Crippen molar-refractivity contribution < 1.29 is 14.3 Å². The van der Waals surface area contributed by atoms with Crippen LogP contribution in [0.2, 0.25) is 0 Å². The number of amides is 1. The summed E-state index contributed by atoms with van der Waals surface area (Å²) >= 11 is 1.41. The summed E-state index contributed by atoms with van der Waals surface area (Å²) in [7, 11) is 5.54. The molecule has 0 atom stereocenters. The third kappa shape index (κ3) is 5.88. The van der Waals surface area contributed by atoms with E-state index in [1.807, 2.05) is 49.5 Å². The van der Waals surface area contributed by atoms with Gasteiger partial charge in [0.05, 0.1) is 19.4 Å². The van der Waals surface area contributed by atoms with E-state index in [1.54, 1.807) is 13.2 Å². The van der Waals surface area contributed by atoms with Gasteiger partial charge in [0.15, 0.2) is 16.6 Å². The van der Waals surface area contributed by atoms with Crippen molar-refractivity contribution in [3.8, 4) is 11.5 Å². The van der Waals surface area contributed by atoms with Gasteiger partial charge in [-0.25, -0.2) is 4.98 Å². The van der Waals surface area contributed by atoms with Crippen molar-refractivity contribution in [2.45, 2.75) is 13.5 Å². The maximum absolute atomic E-state index is 12.0. The van der Waals surface area contributed by atoms with Gasteiger partial charge in [-0.15, -0.1) is 11.3 Å². The highest BCUT2D eigenvalue weighted by molar-refractivity contribution is 7.13. The minimum Gasteiger partial charge on any atom is -0.493 e. The molecule has 134 valence electrons. The summed E-state index contributed by atoms with van der Waals surface area (Å²) in [4.78, 5) is 18.5. The second-order valence-electron chi connectivity index (χ2n) is 5.55. The normalized spacial score (nSPS) is 11.1. The number of carbonyl (C=O) groups excluding carboxylic acids is 1. The van der Waals surface area contributed by atoms with E-state index in [2.05, 4.69) is 10.3 Å². The maximum Gasteiger partial charge on any atom is 0.250 e. The van der Waals surface area contributed by atoms with Crippen LogP contribution in [-0.4, -0.2) is 43.6 Å². The number of ether oxygens (including phenoxy) is 2. The number of thiazole rings is 1. The summed E-state index contributed by atoms with van der Waals surface area (Å²) in [5, 5.41) is 5.31. The highest BCUT2D eigenvalue weighted by Crippen LogP contribution is 2.28. The summed E-state index contributed by atoms with van der Waals surface area (Å²) in [6, 6.07) is 5.53. The van der Waals surface area contributed by atoms with Crippen LogP contribution < -0.4 is 14.8 Å². The Morgan fingerprint density at radius 1 is 1.36 bits per heavy atom. The van der Waals surface area contributed by atoms with E-state index in [0.717, 1.165) is 17.8 Å². The molecule has 0 radical (unpaired) electrons. The molecule has 0 aliphatic heterocycles. The summed E-state index contributed by atoms with van der Waals surface area (Å²) < 4.78 is 10.8. The van der Waals surface area contributed by atoms with E-state index < -0.39 is 0 Å². The Morgan fingerprint density at radius 2 is 2.16 bits per heavy atom. The molecule has 1 amide bonds. The van der Waals surface area contributed by atoms with E-state index in [-0.39, 0.29) is 5.91 Å². The number of methoxy groups -OCH3 is 1. The molecule has 0 aliphatic rings. The van der Waals surface area contributed by atoms with Gasteiger partial charge in [0.25, 0.3) is 0 Å². The fourth-order valence-electron chi connectivity index (χ4n) is 2.14. The molecule has 0 fully saturated rings. The molecule has 0 bridgehead atoms. The van der Waals surface area contributed by atoms with E-state index in [0.29, 0.717) is 23.2 Å². The summed E-state index contributed by atoms with van der Waals surface area (Å²) in [6.45, 7) is 3.23. The second-order valence-corrected chi connectivity index (χ2v) is 6.41. The predicted molar refractivity (Wildman–Crippen MR) is 101 cm³/mol. The smallest absolute Gasteiger partial charge is 0.250 e. The van der Waals surface area contributed by atoms with Gasteiger partial charge in [-0.2, -0.15) is 0 Å². The Bertz CT molecular complexity index is 741. The van der Waals surface area contributed by atoms with Gasteiger partial charge in [-0.3, -0.25) is 10.1 Å². The van der Waals surface area contributed by atoms with E-state index in [1.165, 1.54) is 17.4 Å². The van der Waals surface area contributed by atoms with Crippen LogP contribution >= 0.6 is 11.3 Å². The van der Waals surface area contributed by atoms with Gasteiger partial charge in [-0.1, -0.05) is 6.07 Å². The standard InChI is InChI=1S/C18H23N3O3S/c1-5-24-15-8-6-13(10-16(15)23-4)7-9-17(22)20-18-19-14(12-25-18)11-21(2)3/h6-10,12H,5,11H2,1-4H3,(H,19,20,22)/b9-7+. The molecular formula is C18H23N3O3S. The van der Waals surface area contributed by atoms with Crippen molar-refractivity contribution in [3.63, 3.8) is 0 Å². The number of nitrogens with one attached hydrogen (secondary N) is 1. The molecule has 0 spiro atoms. The topological polar surface area (TPSA) is 63.7 Å². The zero-order valence-corrected chi connectivity index (χ0v) is 15.7. The Balaban J connectivity index is 1.98. The van der Waals surface area contributed by atoms with Crippen LogP contribution in [-0.2, 0) is 11.3 Å². The van der Waals surface area contributed by atoms with E-state index >= 15 is 0 Å². The van der Waals surface area contributed by atoms with Crippen molar-refractivity contribution in [3.05, 3.63) is 40.9 Å². The molecule has 1 aromatic carbocycles. The average molecular weight is 361 g/mol. The van der Waals surface area contributed by atoms with Crippen molar-refractivity contribution in [1.82, 2.24) is 9.88 Å². The number of carbonyl (C=O) groups is 1. The molecule has 0 saturated heterocycles. The summed E-state index contributed by atoms with van der Waals surface area (Å²) in [6.07, 6.45) is 3.20. The minimum absolute atomic E-state index is 0.224. The van der Waals surface area contributed by atoms with Crippen LogP contribution in [0.15, 0.2) is 29.7 Å². The fraction of sp³-hybridized carbons (Fsp3) is 0.333. The van der Waals surface area contributed by atoms with Crippen molar-refractivity contribution >= 4 is 28.5 Å². The predicted octanol–water partition coefficient (Wildman–Crippen LogP) is 3.26. The quantitative estimate of drug-likeness (QED) is 0.731. The van der Waals surface area contributed by atoms with Crippen molar-refractivity contribution in [2.75, 3.05) is 33.1 Å². The maximum atomic E-state index is 12.0. The van der Waals surface area contributed by atoms with Crippen LogP contribution in [0.4, 0.5) is 5.13 Å². The van der Waals surface area contributed by atoms with Crippen LogP contribution in [0.25, 0.3) is 6.08 Å². The molecule has 1 N–H and O–H groups in total. The molecule has 7 heteroatoms. The Hall–Kier alpha value is -2.38. The van der Waals surface area contributed by atoms with Gasteiger partial charge >= 0.3 is 0 Å². The molecule has 2 aromatic rings. The van der Waals surface area contributed by atoms with Crippen LogP contribution in [0, 0.1) is 0 Å².